The standard InChI is InChI=1S/C19H18Cl3NO5S/c1-10(14-6-5-13(20)9-16(14)22)23-18(24)11(2)28-19(25)12-4-7-15(21)17(8-12)29(3,26)27/h4-11H,1-3H3,(H,23,24). The molecular formula is C19H18Cl3NO5S. The molecule has 2 rings (SSSR count). The molecule has 2 atom stereocenters. The normalized spacial score (nSPS) is 13.4. The summed E-state index contributed by atoms with van der Waals surface area (Å²) in [6.45, 7) is 3.12. The molecule has 0 saturated heterocycles. The average molecular weight is 479 g/mol. The van der Waals surface area contributed by atoms with Crippen LogP contribution >= 0.6 is 34.8 Å². The fraction of sp³-hybridized carbons (Fsp3) is 0.263. The van der Waals surface area contributed by atoms with Crippen LogP contribution in [0.5, 0.6) is 0 Å². The molecule has 2 aromatic rings. The molecule has 0 aliphatic heterocycles. The lowest BCUT2D eigenvalue weighted by Gasteiger charge is -2.19. The summed E-state index contributed by atoms with van der Waals surface area (Å²) in [5.41, 5.74) is 0.613. The summed E-state index contributed by atoms with van der Waals surface area (Å²) >= 11 is 17.9. The van der Waals surface area contributed by atoms with E-state index >= 15 is 0 Å². The number of hydrogen-bond donors (Lipinski definition) is 1. The molecule has 0 fully saturated rings. The molecule has 29 heavy (non-hydrogen) atoms. The van der Waals surface area contributed by atoms with E-state index in [1.807, 2.05) is 0 Å². The Morgan fingerprint density at radius 3 is 2.24 bits per heavy atom. The lowest BCUT2D eigenvalue weighted by Crippen LogP contribution is -2.37. The number of rotatable bonds is 6. The number of amides is 1. The number of nitrogens with one attached hydrogen (secondary N) is 1. The van der Waals surface area contributed by atoms with E-state index in [-0.39, 0.29) is 15.5 Å². The highest BCUT2D eigenvalue weighted by Crippen LogP contribution is 2.26. The minimum Gasteiger partial charge on any atom is -0.449 e. The Morgan fingerprint density at radius 2 is 1.66 bits per heavy atom. The summed E-state index contributed by atoms with van der Waals surface area (Å²) in [4.78, 5) is 24.5. The highest BCUT2D eigenvalue weighted by Gasteiger charge is 2.23. The smallest absolute Gasteiger partial charge is 0.338 e. The SMILES string of the molecule is CC(OC(=O)c1ccc(Cl)c(S(C)(=O)=O)c1)C(=O)NC(C)c1ccc(Cl)cc1Cl. The van der Waals surface area contributed by atoms with Crippen molar-refractivity contribution in [3.05, 3.63) is 62.6 Å². The molecule has 0 bridgehead atoms. The highest BCUT2D eigenvalue weighted by molar-refractivity contribution is 7.90. The van der Waals surface area contributed by atoms with Gasteiger partial charge in [-0.1, -0.05) is 40.9 Å². The fourth-order valence-electron chi connectivity index (χ4n) is 2.46. The molecule has 0 heterocycles. The van der Waals surface area contributed by atoms with Gasteiger partial charge in [0.25, 0.3) is 5.91 Å². The Labute approximate surface area is 184 Å². The number of carbonyl (C=O) groups is 2. The second kappa shape index (κ2) is 9.34. The van der Waals surface area contributed by atoms with Crippen molar-refractivity contribution < 1.29 is 22.7 Å². The van der Waals surface area contributed by atoms with Gasteiger partial charge in [-0.2, -0.15) is 0 Å². The first-order valence-electron chi connectivity index (χ1n) is 8.36. The van der Waals surface area contributed by atoms with E-state index in [1.54, 1.807) is 25.1 Å². The second-order valence-electron chi connectivity index (χ2n) is 6.36. The van der Waals surface area contributed by atoms with Gasteiger partial charge in [0.15, 0.2) is 15.9 Å². The first-order valence-corrected chi connectivity index (χ1v) is 11.4. The van der Waals surface area contributed by atoms with E-state index in [0.717, 1.165) is 12.3 Å². The van der Waals surface area contributed by atoms with Gasteiger partial charge < -0.3 is 10.1 Å². The molecule has 0 aromatic heterocycles. The van der Waals surface area contributed by atoms with Crippen molar-refractivity contribution in [1.82, 2.24) is 5.32 Å². The maximum Gasteiger partial charge on any atom is 0.338 e. The molecule has 6 nitrogen and oxygen atoms in total. The Hall–Kier alpha value is -1.80. The molecule has 1 N–H and O–H groups in total. The molecule has 0 aliphatic rings. The van der Waals surface area contributed by atoms with Crippen molar-refractivity contribution in [1.29, 1.82) is 0 Å². The quantitative estimate of drug-likeness (QED) is 0.619. The number of ether oxygens (including phenoxy) is 1. The first-order chi connectivity index (χ1) is 13.4. The summed E-state index contributed by atoms with van der Waals surface area (Å²) in [7, 11) is -3.63. The van der Waals surface area contributed by atoms with Crippen molar-refractivity contribution in [2.45, 2.75) is 30.9 Å². The molecule has 1 amide bonds. The zero-order valence-corrected chi connectivity index (χ0v) is 18.8. The van der Waals surface area contributed by atoms with Gasteiger partial charge in [-0.25, -0.2) is 13.2 Å². The maximum atomic E-state index is 12.4. The van der Waals surface area contributed by atoms with Crippen LogP contribution in [0.3, 0.4) is 0 Å². The van der Waals surface area contributed by atoms with Gasteiger partial charge >= 0.3 is 5.97 Å². The largest absolute Gasteiger partial charge is 0.449 e. The highest BCUT2D eigenvalue weighted by atomic mass is 35.5. The first kappa shape index (κ1) is 23.5. The van der Waals surface area contributed by atoms with Gasteiger partial charge in [0, 0.05) is 16.3 Å². The van der Waals surface area contributed by atoms with Crippen molar-refractivity contribution in [3.8, 4) is 0 Å². The van der Waals surface area contributed by atoms with Crippen LogP contribution in [0.15, 0.2) is 41.3 Å². The lowest BCUT2D eigenvalue weighted by atomic mass is 10.1. The minimum absolute atomic E-state index is 0.0106. The monoisotopic (exact) mass is 477 g/mol. The van der Waals surface area contributed by atoms with Crippen molar-refractivity contribution in [2.75, 3.05) is 6.26 Å². The summed E-state index contributed by atoms with van der Waals surface area (Å²) in [6, 6.07) is 8.15. The Bertz CT molecular complexity index is 1060. The number of esters is 1. The maximum absolute atomic E-state index is 12.4. The van der Waals surface area contributed by atoms with Gasteiger partial charge in [-0.15, -0.1) is 0 Å². The molecule has 0 radical (unpaired) electrons. The topological polar surface area (TPSA) is 89.5 Å². The van der Waals surface area contributed by atoms with Crippen LogP contribution in [0.25, 0.3) is 0 Å². The molecular weight excluding hydrogens is 461 g/mol. The van der Waals surface area contributed by atoms with Crippen molar-refractivity contribution >= 4 is 56.5 Å². The van der Waals surface area contributed by atoms with Crippen LogP contribution in [0.2, 0.25) is 15.1 Å². The fourth-order valence-corrected chi connectivity index (χ4v) is 4.33. The number of carbonyl (C=O) groups excluding carboxylic acids is 2. The third kappa shape index (κ3) is 6.09. The Kier molecular flexibility index (Phi) is 7.56. The van der Waals surface area contributed by atoms with E-state index in [9.17, 15) is 18.0 Å². The van der Waals surface area contributed by atoms with Crippen molar-refractivity contribution in [2.24, 2.45) is 0 Å². The summed E-state index contributed by atoms with van der Waals surface area (Å²) in [6.07, 6.45) is -0.156. The average Bonchev–Trinajstić information content (AvgIpc) is 2.60. The van der Waals surface area contributed by atoms with Crippen LogP contribution in [-0.4, -0.2) is 32.7 Å². The predicted octanol–water partition coefficient (Wildman–Crippen LogP) is 4.47. The van der Waals surface area contributed by atoms with Crippen molar-refractivity contribution in [3.63, 3.8) is 0 Å². The number of halogens is 3. The van der Waals surface area contributed by atoms with E-state index < -0.39 is 33.9 Å². The molecule has 2 aromatic carbocycles. The third-order valence-electron chi connectivity index (χ3n) is 4.01. The predicted molar refractivity (Wildman–Crippen MR) is 112 cm³/mol. The lowest BCUT2D eigenvalue weighted by molar-refractivity contribution is -0.129. The molecule has 2 unspecified atom stereocenters. The number of hydrogen-bond acceptors (Lipinski definition) is 5. The van der Waals surface area contributed by atoms with Gasteiger partial charge in [0.2, 0.25) is 0 Å². The second-order valence-corrected chi connectivity index (χ2v) is 9.60. The van der Waals surface area contributed by atoms with E-state index in [2.05, 4.69) is 5.32 Å². The van der Waals surface area contributed by atoms with Crippen LogP contribution in [0.4, 0.5) is 0 Å². The molecule has 0 saturated carbocycles. The summed E-state index contributed by atoms with van der Waals surface area (Å²) < 4.78 is 28.6. The summed E-state index contributed by atoms with van der Waals surface area (Å²) in [5.74, 6) is -1.40. The van der Waals surface area contributed by atoms with E-state index in [1.165, 1.54) is 19.1 Å². The van der Waals surface area contributed by atoms with Crippen LogP contribution in [0.1, 0.15) is 35.8 Å². The zero-order valence-electron chi connectivity index (χ0n) is 15.7. The molecule has 0 aliphatic carbocycles. The number of sulfone groups is 1. The Balaban J connectivity index is 2.08. The van der Waals surface area contributed by atoms with E-state index in [0.29, 0.717) is 15.6 Å². The van der Waals surface area contributed by atoms with Crippen LogP contribution in [0, 0.1) is 0 Å². The van der Waals surface area contributed by atoms with Gasteiger partial charge in [-0.05, 0) is 49.7 Å². The van der Waals surface area contributed by atoms with Gasteiger partial charge in [-0.3, -0.25) is 4.79 Å². The zero-order chi connectivity index (χ0) is 21.9. The van der Waals surface area contributed by atoms with E-state index in [4.69, 9.17) is 39.5 Å². The third-order valence-corrected chi connectivity index (χ3v) is 6.15. The van der Waals surface area contributed by atoms with Gasteiger partial charge in [0.1, 0.15) is 0 Å². The van der Waals surface area contributed by atoms with Crippen LogP contribution < -0.4 is 5.32 Å². The Morgan fingerprint density at radius 1 is 1.00 bits per heavy atom. The molecule has 10 heteroatoms. The molecule has 0 spiro atoms. The molecule has 156 valence electrons. The van der Waals surface area contributed by atoms with Gasteiger partial charge in [0.05, 0.1) is 21.5 Å². The number of benzene rings is 2. The summed E-state index contributed by atoms with van der Waals surface area (Å²) in [5, 5.41) is 3.55. The minimum atomic E-state index is -3.63. The van der Waals surface area contributed by atoms with Crippen LogP contribution in [-0.2, 0) is 19.4 Å².